The molecule has 6 nitrogen and oxygen atoms in total. The summed E-state index contributed by atoms with van der Waals surface area (Å²) in [6.07, 6.45) is 0.377. The van der Waals surface area contributed by atoms with Crippen LogP contribution in [0, 0.1) is 5.92 Å². The van der Waals surface area contributed by atoms with Gasteiger partial charge in [-0.1, -0.05) is 32.0 Å². The maximum Gasteiger partial charge on any atom is 0.326 e. The van der Waals surface area contributed by atoms with Crippen molar-refractivity contribution >= 4 is 17.7 Å². The van der Waals surface area contributed by atoms with Gasteiger partial charge in [0.2, 0.25) is 0 Å². The molecule has 0 bridgehead atoms. The fraction of sp³-hybridized carbons (Fsp3) is 0.467. The summed E-state index contributed by atoms with van der Waals surface area (Å²) in [6.45, 7) is 4.18. The van der Waals surface area contributed by atoms with Gasteiger partial charge in [0.25, 0.3) is 0 Å². The number of hydrogen-bond donors (Lipinski definition) is 3. The Labute approximate surface area is 124 Å². The Hall–Kier alpha value is -2.08. The number of methoxy groups -OCH3 is 1. The van der Waals surface area contributed by atoms with Crippen LogP contribution in [0.3, 0.4) is 0 Å². The average Bonchev–Trinajstić information content (AvgIpc) is 2.40. The van der Waals surface area contributed by atoms with Gasteiger partial charge in [-0.25, -0.2) is 9.59 Å². The van der Waals surface area contributed by atoms with Crippen molar-refractivity contribution in [2.45, 2.75) is 32.9 Å². The van der Waals surface area contributed by atoms with Gasteiger partial charge < -0.3 is 20.5 Å². The van der Waals surface area contributed by atoms with Crippen molar-refractivity contribution in [2.75, 3.05) is 12.4 Å². The second kappa shape index (κ2) is 8.26. The van der Waals surface area contributed by atoms with E-state index in [1.807, 2.05) is 26.0 Å². The summed E-state index contributed by atoms with van der Waals surface area (Å²) in [6, 6.07) is 5.77. The maximum atomic E-state index is 11.9. The number of carboxylic acid groups (broad SMARTS) is 1. The van der Waals surface area contributed by atoms with E-state index in [9.17, 15) is 9.59 Å². The van der Waals surface area contributed by atoms with E-state index in [0.29, 0.717) is 18.7 Å². The molecule has 0 spiro atoms. The van der Waals surface area contributed by atoms with Gasteiger partial charge in [-0.05, 0) is 18.4 Å². The Morgan fingerprint density at radius 2 is 1.95 bits per heavy atom. The van der Waals surface area contributed by atoms with Crippen molar-refractivity contribution in [1.82, 2.24) is 5.32 Å². The van der Waals surface area contributed by atoms with Crippen LogP contribution in [-0.4, -0.2) is 30.3 Å². The number of nitrogens with one attached hydrogen (secondary N) is 2. The number of hydrogen-bond acceptors (Lipinski definition) is 3. The minimum atomic E-state index is -1.04. The summed E-state index contributed by atoms with van der Waals surface area (Å²) in [4.78, 5) is 23.1. The third-order valence-corrected chi connectivity index (χ3v) is 2.88. The number of benzene rings is 1. The molecule has 21 heavy (non-hydrogen) atoms. The van der Waals surface area contributed by atoms with Crippen LogP contribution in [0.25, 0.3) is 0 Å². The number of rotatable bonds is 7. The smallest absolute Gasteiger partial charge is 0.326 e. The Kier molecular flexibility index (Phi) is 6.68. The largest absolute Gasteiger partial charge is 0.480 e. The fourth-order valence-corrected chi connectivity index (χ4v) is 1.93. The molecule has 0 aliphatic heterocycles. The highest BCUT2D eigenvalue weighted by molar-refractivity contribution is 5.92. The van der Waals surface area contributed by atoms with Crippen LogP contribution in [0.5, 0.6) is 0 Å². The Morgan fingerprint density at radius 1 is 1.29 bits per heavy atom. The summed E-state index contributed by atoms with van der Waals surface area (Å²) >= 11 is 0. The van der Waals surface area contributed by atoms with Gasteiger partial charge in [0.15, 0.2) is 0 Å². The molecule has 6 heteroatoms. The van der Waals surface area contributed by atoms with Crippen LogP contribution in [0.2, 0.25) is 0 Å². The van der Waals surface area contributed by atoms with Crippen LogP contribution in [-0.2, 0) is 16.1 Å². The van der Waals surface area contributed by atoms with Gasteiger partial charge in [0.05, 0.1) is 6.61 Å². The third kappa shape index (κ3) is 5.83. The molecule has 2 amide bonds. The lowest BCUT2D eigenvalue weighted by molar-refractivity contribution is -0.139. The zero-order chi connectivity index (χ0) is 15.8. The predicted molar refractivity (Wildman–Crippen MR) is 80.2 cm³/mol. The molecule has 1 atom stereocenters. The first-order chi connectivity index (χ1) is 9.93. The van der Waals surface area contributed by atoms with E-state index in [4.69, 9.17) is 9.84 Å². The van der Waals surface area contributed by atoms with Gasteiger partial charge in [0, 0.05) is 18.4 Å². The molecule has 1 aromatic rings. The normalized spacial score (nSPS) is 12.0. The number of ether oxygens (including phenoxy) is 1. The number of carboxylic acids is 1. The minimum Gasteiger partial charge on any atom is -0.480 e. The quantitative estimate of drug-likeness (QED) is 0.721. The average molecular weight is 294 g/mol. The van der Waals surface area contributed by atoms with E-state index >= 15 is 0 Å². The molecule has 0 aromatic heterocycles. The van der Waals surface area contributed by atoms with E-state index in [1.165, 1.54) is 0 Å². The first-order valence-electron chi connectivity index (χ1n) is 6.81. The van der Waals surface area contributed by atoms with E-state index in [0.717, 1.165) is 5.56 Å². The molecule has 0 unspecified atom stereocenters. The minimum absolute atomic E-state index is 0.173. The highest BCUT2D eigenvalue weighted by atomic mass is 16.5. The molecular formula is C15H22N2O4. The number of para-hydroxylation sites is 1. The van der Waals surface area contributed by atoms with Crippen molar-refractivity contribution in [3.05, 3.63) is 29.8 Å². The molecule has 3 N–H and O–H groups in total. The van der Waals surface area contributed by atoms with Crippen molar-refractivity contribution in [1.29, 1.82) is 0 Å². The lowest BCUT2D eigenvalue weighted by Gasteiger charge is -2.17. The standard InChI is InChI=1S/C15H22N2O4/c1-10(2)8-13(14(18)19)17-15(20)16-12-7-5-4-6-11(12)9-21-3/h4-7,10,13H,8-9H2,1-3H3,(H,18,19)(H2,16,17,20)/t13-/m0/s1. The lowest BCUT2D eigenvalue weighted by atomic mass is 10.0. The van der Waals surface area contributed by atoms with Crippen LogP contribution in [0.15, 0.2) is 24.3 Å². The topological polar surface area (TPSA) is 87.7 Å². The van der Waals surface area contributed by atoms with Gasteiger partial charge in [-0.15, -0.1) is 0 Å². The molecule has 0 saturated carbocycles. The van der Waals surface area contributed by atoms with Crippen LogP contribution >= 0.6 is 0 Å². The number of amides is 2. The molecule has 0 saturated heterocycles. The number of anilines is 1. The second-order valence-corrected chi connectivity index (χ2v) is 5.21. The van der Waals surface area contributed by atoms with Crippen molar-refractivity contribution < 1.29 is 19.4 Å². The van der Waals surface area contributed by atoms with Gasteiger partial charge in [-0.2, -0.15) is 0 Å². The second-order valence-electron chi connectivity index (χ2n) is 5.21. The Bertz CT molecular complexity index is 488. The highest BCUT2D eigenvalue weighted by Crippen LogP contribution is 2.15. The molecule has 1 aromatic carbocycles. The van der Waals surface area contributed by atoms with Gasteiger partial charge in [-0.3, -0.25) is 0 Å². The highest BCUT2D eigenvalue weighted by Gasteiger charge is 2.21. The van der Waals surface area contributed by atoms with Gasteiger partial charge >= 0.3 is 12.0 Å². The maximum absolute atomic E-state index is 11.9. The van der Waals surface area contributed by atoms with E-state index in [1.54, 1.807) is 19.2 Å². The molecule has 0 heterocycles. The van der Waals surface area contributed by atoms with Crippen LogP contribution in [0.4, 0.5) is 10.5 Å². The number of aliphatic carboxylic acids is 1. The summed E-state index contributed by atoms with van der Waals surface area (Å²) in [5, 5.41) is 14.2. The van der Waals surface area contributed by atoms with Crippen LogP contribution < -0.4 is 10.6 Å². The van der Waals surface area contributed by atoms with E-state index < -0.39 is 18.0 Å². The molecule has 1 rings (SSSR count). The van der Waals surface area contributed by atoms with Gasteiger partial charge in [0.1, 0.15) is 6.04 Å². The first-order valence-corrected chi connectivity index (χ1v) is 6.81. The van der Waals surface area contributed by atoms with Crippen molar-refractivity contribution in [2.24, 2.45) is 5.92 Å². The monoisotopic (exact) mass is 294 g/mol. The van der Waals surface area contributed by atoms with Crippen LogP contribution in [0.1, 0.15) is 25.8 Å². The van der Waals surface area contributed by atoms with E-state index in [2.05, 4.69) is 10.6 Å². The molecule has 116 valence electrons. The van der Waals surface area contributed by atoms with E-state index in [-0.39, 0.29) is 5.92 Å². The number of carbonyl (C=O) groups is 2. The fourth-order valence-electron chi connectivity index (χ4n) is 1.93. The number of urea groups is 1. The molecule has 0 radical (unpaired) electrons. The zero-order valence-corrected chi connectivity index (χ0v) is 12.6. The third-order valence-electron chi connectivity index (χ3n) is 2.88. The number of carbonyl (C=O) groups excluding carboxylic acids is 1. The molecule has 0 aliphatic carbocycles. The summed E-state index contributed by atoms with van der Waals surface area (Å²) < 4.78 is 5.06. The Balaban J connectivity index is 2.70. The Morgan fingerprint density at radius 3 is 2.52 bits per heavy atom. The summed E-state index contributed by atoms with van der Waals surface area (Å²) in [5.74, 6) is -0.865. The summed E-state index contributed by atoms with van der Waals surface area (Å²) in [5.41, 5.74) is 1.43. The molecule has 0 fully saturated rings. The van der Waals surface area contributed by atoms with Crippen molar-refractivity contribution in [3.8, 4) is 0 Å². The summed E-state index contributed by atoms with van der Waals surface area (Å²) in [7, 11) is 1.57. The first kappa shape index (κ1) is 17.0. The zero-order valence-electron chi connectivity index (χ0n) is 12.6. The van der Waals surface area contributed by atoms with Crippen molar-refractivity contribution in [3.63, 3.8) is 0 Å². The lowest BCUT2D eigenvalue weighted by Crippen LogP contribution is -2.43. The molecule has 0 aliphatic rings. The predicted octanol–water partition coefficient (Wildman–Crippen LogP) is 2.45. The molecular weight excluding hydrogens is 272 g/mol. The SMILES string of the molecule is COCc1ccccc1NC(=O)N[C@@H](CC(C)C)C(=O)O.